The quantitative estimate of drug-likeness (QED) is 0.244. The van der Waals surface area contributed by atoms with Crippen molar-refractivity contribution in [2.45, 2.75) is 25.4 Å². The molecule has 6 aromatic rings. The Morgan fingerprint density at radius 1 is 0.826 bits per heavy atom. The summed E-state index contributed by atoms with van der Waals surface area (Å²) in [6.45, 7) is 2.72. The van der Waals surface area contributed by atoms with E-state index < -0.39 is 0 Å². The molecule has 0 spiro atoms. The maximum atomic E-state index is 9.21. The molecule has 3 N–H and O–H groups in total. The van der Waals surface area contributed by atoms with Gasteiger partial charge in [-0.25, -0.2) is 24.9 Å². The number of likely N-dealkylation sites (tertiary alicyclic amines) is 1. The number of nitrogens with one attached hydrogen (secondary N) is 1. The summed E-state index contributed by atoms with van der Waals surface area (Å²) in [4.78, 5) is 25.2. The van der Waals surface area contributed by atoms with E-state index in [1.807, 2.05) is 41.0 Å². The van der Waals surface area contributed by atoms with Gasteiger partial charge in [0.25, 0.3) is 0 Å². The molecule has 1 aliphatic rings. The average molecular weight is 604 g/mol. The summed E-state index contributed by atoms with van der Waals surface area (Å²) in [5.41, 5.74) is 13.3. The summed E-state index contributed by atoms with van der Waals surface area (Å²) in [6, 6.07) is 29.6. The van der Waals surface area contributed by atoms with Gasteiger partial charge in [-0.2, -0.15) is 10.5 Å². The molecule has 1 fully saturated rings. The molecule has 11 nitrogen and oxygen atoms in total. The molecule has 0 radical (unpaired) electrons. The topological polar surface area (TPSA) is 158 Å². The zero-order valence-corrected chi connectivity index (χ0v) is 24.9. The fourth-order valence-corrected chi connectivity index (χ4v) is 5.78. The second kappa shape index (κ2) is 12.4. The fourth-order valence-electron chi connectivity index (χ4n) is 5.78. The smallest absolute Gasteiger partial charge is 0.224 e. The van der Waals surface area contributed by atoms with E-state index in [1.54, 1.807) is 30.6 Å². The molecule has 2 aromatic carbocycles. The summed E-state index contributed by atoms with van der Waals surface area (Å²) < 4.78 is 2.03. The van der Waals surface area contributed by atoms with Crippen LogP contribution in [0.4, 0.5) is 11.8 Å². The third-order valence-corrected chi connectivity index (χ3v) is 8.19. The maximum absolute atomic E-state index is 9.21. The molecular weight excluding hydrogens is 574 g/mol. The molecule has 4 aromatic heterocycles. The lowest BCUT2D eigenvalue weighted by molar-refractivity contribution is 0.211. The molecule has 0 bridgehead atoms. The number of nitrogens with zero attached hydrogens (tertiary/aromatic N) is 9. The summed E-state index contributed by atoms with van der Waals surface area (Å²) in [5, 5.41) is 21.7. The first kappa shape index (κ1) is 28.6. The number of aromatic nitrogens is 6. The van der Waals surface area contributed by atoms with Gasteiger partial charge in [-0.05, 0) is 73.0 Å². The molecule has 0 aliphatic carbocycles. The highest BCUT2D eigenvalue weighted by molar-refractivity contribution is 5.84. The highest BCUT2D eigenvalue weighted by atomic mass is 15.2. The molecule has 224 valence electrons. The number of fused-ring (bicyclic) bond motifs is 1. The molecule has 7 rings (SSSR count). The summed E-state index contributed by atoms with van der Waals surface area (Å²) in [6.07, 6.45) is 5.20. The summed E-state index contributed by atoms with van der Waals surface area (Å²) in [5.74, 6) is 1.56. The largest absolute Gasteiger partial charge is 0.383 e. The zero-order chi connectivity index (χ0) is 31.5. The Balaban J connectivity index is 1.13. The van der Waals surface area contributed by atoms with Crippen molar-refractivity contribution in [3.63, 3.8) is 0 Å². The molecule has 0 saturated carbocycles. The Labute approximate surface area is 265 Å². The van der Waals surface area contributed by atoms with E-state index in [4.69, 9.17) is 21.0 Å². The first-order valence-corrected chi connectivity index (χ1v) is 15.0. The number of piperidine rings is 1. The van der Waals surface area contributed by atoms with Crippen LogP contribution in [0, 0.1) is 22.7 Å². The third-order valence-electron chi connectivity index (χ3n) is 8.19. The zero-order valence-electron chi connectivity index (χ0n) is 24.9. The minimum absolute atomic E-state index is 0.266. The third kappa shape index (κ3) is 5.83. The number of anilines is 2. The van der Waals surface area contributed by atoms with Crippen LogP contribution >= 0.6 is 0 Å². The SMILES string of the molecule is N#Cc1ccc(-c2ccc3nc(-c4cccnc4N)n(-c4ccc(CN5CCC(Nc6nccc(C#N)n6)CC5)cc4)c3n2)cc1. The van der Waals surface area contributed by atoms with Crippen LogP contribution in [0.3, 0.4) is 0 Å². The van der Waals surface area contributed by atoms with Crippen LogP contribution in [0.5, 0.6) is 0 Å². The molecule has 1 saturated heterocycles. The predicted molar refractivity (Wildman–Crippen MR) is 175 cm³/mol. The van der Waals surface area contributed by atoms with E-state index >= 15 is 0 Å². The number of benzene rings is 2. The van der Waals surface area contributed by atoms with Gasteiger partial charge in [0.2, 0.25) is 5.95 Å². The van der Waals surface area contributed by atoms with Crippen LogP contribution in [-0.2, 0) is 6.54 Å². The Kier molecular flexibility index (Phi) is 7.73. The van der Waals surface area contributed by atoms with Gasteiger partial charge in [-0.1, -0.05) is 24.3 Å². The van der Waals surface area contributed by atoms with Crippen molar-refractivity contribution in [1.82, 2.24) is 34.4 Å². The summed E-state index contributed by atoms with van der Waals surface area (Å²) in [7, 11) is 0. The molecule has 5 heterocycles. The number of hydrogen-bond acceptors (Lipinski definition) is 10. The molecule has 11 heteroatoms. The van der Waals surface area contributed by atoms with Crippen molar-refractivity contribution in [2.24, 2.45) is 0 Å². The molecule has 0 unspecified atom stereocenters. The normalized spacial score (nSPS) is 13.7. The lowest BCUT2D eigenvalue weighted by Gasteiger charge is -2.32. The van der Waals surface area contributed by atoms with Crippen molar-refractivity contribution in [2.75, 3.05) is 24.1 Å². The van der Waals surface area contributed by atoms with E-state index in [-0.39, 0.29) is 6.04 Å². The fraction of sp³-hybridized carbons (Fsp3) is 0.171. The van der Waals surface area contributed by atoms with E-state index in [0.717, 1.165) is 60.5 Å². The van der Waals surface area contributed by atoms with Crippen LogP contribution < -0.4 is 11.1 Å². The number of pyridine rings is 2. The van der Waals surface area contributed by atoms with Crippen molar-refractivity contribution >= 4 is 22.9 Å². The molecule has 0 atom stereocenters. The van der Waals surface area contributed by atoms with E-state index in [1.165, 1.54) is 5.56 Å². The molecule has 1 aliphatic heterocycles. The molecule has 0 amide bonds. The van der Waals surface area contributed by atoms with Gasteiger partial charge in [0.05, 0.1) is 22.9 Å². The van der Waals surface area contributed by atoms with Gasteiger partial charge in [0, 0.05) is 49.3 Å². The number of nitrogens with two attached hydrogens (primary N) is 1. The van der Waals surface area contributed by atoms with Crippen LogP contribution in [-0.4, -0.2) is 53.5 Å². The van der Waals surface area contributed by atoms with Crippen LogP contribution in [0.2, 0.25) is 0 Å². The highest BCUT2D eigenvalue weighted by Crippen LogP contribution is 2.32. The standard InChI is InChI=1S/C35H29N11/c36-20-23-3-7-25(8-4-23)30-11-12-31-34(43-30)46(33(44-31)29-2-1-16-39-32(29)38)28-9-5-24(6-10-28)22-45-18-14-26(15-19-45)41-35-40-17-13-27(21-37)42-35/h1-13,16-17,26H,14-15,18-19,22H2,(H2,38,39)(H,40,41,42). The first-order valence-electron chi connectivity index (χ1n) is 15.0. The monoisotopic (exact) mass is 603 g/mol. The van der Waals surface area contributed by atoms with Crippen molar-refractivity contribution < 1.29 is 0 Å². The molecular formula is C35H29N11. The number of imidazole rings is 1. The van der Waals surface area contributed by atoms with Crippen molar-refractivity contribution in [3.8, 4) is 40.5 Å². The van der Waals surface area contributed by atoms with E-state index in [2.05, 4.69) is 61.6 Å². The highest BCUT2D eigenvalue weighted by Gasteiger charge is 2.21. The van der Waals surface area contributed by atoms with E-state index in [9.17, 15) is 5.26 Å². The Hall–Kier alpha value is -6.17. The van der Waals surface area contributed by atoms with Crippen LogP contribution in [0.15, 0.2) is 91.3 Å². The van der Waals surface area contributed by atoms with Crippen molar-refractivity contribution in [1.29, 1.82) is 10.5 Å². The minimum atomic E-state index is 0.266. The molecule has 46 heavy (non-hydrogen) atoms. The lowest BCUT2D eigenvalue weighted by Crippen LogP contribution is -2.39. The van der Waals surface area contributed by atoms with Gasteiger partial charge >= 0.3 is 0 Å². The predicted octanol–water partition coefficient (Wildman–Crippen LogP) is 5.34. The Morgan fingerprint density at radius 3 is 2.37 bits per heavy atom. The van der Waals surface area contributed by atoms with Gasteiger partial charge in [0.1, 0.15) is 23.1 Å². The number of rotatable bonds is 7. The Morgan fingerprint density at radius 2 is 1.63 bits per heavy atom. The number of nitrogen functional groups attached to an aromatic ring is 1. The van der Waals surface area contributed by atoms with E-state index in [0.29, 0.717) is 34.5 Å². The first-order chi connectivity index (χ1) is 22.6. The van der Waals surface area contributed by atoms with Gasteiger partial charge in [-0.15, -0.1) is 0 Å². The second-order valence-electron chi connectivity index (χ2n) is 11.2. The number of nitriles is 2. The minimum Gasteiger partial charge on any atom is -0.383 e. The van der Waals surface area contributed by atoms with Gasteiger partial charge in [-0.3, -0.25) is 9.47 Å². The second-order valence-corrected chi connectivity index (χ2v) is 11.2. The average Bonchev–Trinajstić information content (AvgIpc) is 3.48. The summed E-state index contributed by atoms with van der Waals surface area (Å²) >= 11 is 0. The Bertz CT molecular complexity index is 2100. The van der Waals surface area contributed by atoms with Gasteiger partial charge < -0.3 is 11.1 Å². The van der Waals surface area contributed by atoms with Crippen LogP contribution in [0.1, 0.15) is 29.7 Å². The van der Waals surface area contributed by atoms with Crippen molar-refractivity contribution in [3.05, 3.63) is 108 Å². The van der Waals surface area contributed by atoms with Crippen LogP contribution in [0.25, 0.3) is 39.5 Å². The number of hydrogen-bond donors (Lipinski definition) is 2. The lowest BCUT2D eigenvalue weighted by atomic mass is 10.0. The maximum Gasteiger partial charge on any atom is 0.224 e. The van der Waals surface area contributed by atoms with Gasteiger partial charge in [0.15, 0.2) is 11.5 Å².